The van der Waals surface area contributed by atoms with Gasteiger partial charge in [-0.3, -0.25) is 9.59 Å². The Bertz CT molecular complexity index is 536. The highest BCUT2D eigenvalue weighted by molar-refractivity contribution is 6.11. The minimum absolute atomic E-state index is 0.211. The van der Waals surface area contributed by atoms with Gasteiger partial charge in [0, 0.05) is 0 Å². The Balaban J connectivity index is 2.15. The average Bonchev–Trinajstić information content (AvgIpc) is 2.82. The number of amides is 8. The first-order chi connectivity index (χ1) is 9.73. The van der Waals surface area contributed by atoms with Gasteiger partial charge in [-0.25, -0.2) is 38.8 Å². The van der Waals surface area contributed by atoms with Crippen LogP contribution in [0.25, 0.3) is 0 Å². The summed E-state index contributed by atoms with van der Waals surface area (Å²) in [5.74, 6) is -1.84. The highest BCUT2D eigenvalue weighted by Crippen LogP contribution is 2.16. The van der Waals surface area contributed by atoms with Gasteiger partial charge in [0.25, 0.3) is 11.8 Å². The number of carbonyl (C=O) groups excluding carboxylic acids is 4. The first kappa shape index (κ1) is 14.2. The van der Waals surface area contributed by atoms with Crippen molar-refractivity contribution in [1.82, 2.24) is 19.6 Å². The minimum atomic E-state index is -1.65. The lowest BCUT2D eigenvalue weighted by Crippen LogP contribution is -2.46. The molecule has 0 bridgehead atoms. The molecule has 0 aromatic carbocycles. The van der Waals surface area contributed by atoms with Crippen LogP contribution in [0.2, 0.25) is 0 Å². The van der Waals surface area contributed by atoms with E-state index in [2.05, 4.69) is 0 Å². The van der Waals surface area contributed by atoms with E-state index < -0.39 is 55.8 Å². The predicted molar refractivity (Wildman–Crippen MR) is 58.8 cm³/mol. The third kappa shape index (κ3) is 2.22. The molecule has 2 fully saturated rings. The van der Waals surface area contributed by atoms with Gasteiger partial charge in [-0.05, 0) is 0 Å². The SMILES string of the molecule is O=C(O)N1CC(=O)N(CN2C(=O)CN(C(=O)O)C2=O)C1=O. The quantitative estimate of drug-likeness (QED) is 0.604. The molecule has 2 aliphatic rings. The molecule has 12 heteroatoms. The van der Waals surface area contributed by atoms with E-state index in [1.54, 1.807) is 0 Å². The topological polar surface area (TPSA) is 156 Å². The monoisotopic (exact) mass is 300 g/mol. The maximum atomic E-state index is 11.6. The molecule has 8 amide bonds. The fourth-order valence-corrected chi connectivity index (χ4v) is 1.80. The van der Waals surface area contributed by atoms with Crippen molar-refractivity contribution in [2.45, 2.75) is 0 Å². The number of carboxylic acid groups (broad SMARTS) is 2. The molecule has 0 unspecified atom stereocenters. The van der Waals surface area contributed by atoms with Crippen molar-refractivity contribution in [2.24, 2.45) is 0 Å². The summed E-state index contributed by atoms with van der Waals surface area (Å²) in [5, 5.41) is 17.4. The molecule has 21 heavy (non-hydrogen) atoms. The van der Waals surface area contributed by atoms with Crippen molar-refractivity contribution < 1.29 is 39.0 Å². The molecule has 0 saturated carbocycles. The van der Waals surface area contributed by atoms with Crippen LogP contribution in [0.4, 0.5) is 19.2 Å². The van der Waals surface area contributed by atoms with E-state index in [1.807, 2.05) is 0 Å². The maximum Gasteiger partial charge on any atom is 0.416 e. The summed E-state index contributed by atoms with van der Waals surface area (Å²) in [6.07, 6.45) is -3.30. The van der Waals surface area contributed by atoms with Crippen LogP contribution in [0.5, 0.6) is 0 Å². The molecule has 2 rings (SSSR count). The summed E-state index contributed by atoms with van der Waals surface area (Å²) >= 11 is 0. The highest BCUT2D eigenvalue weighted by atomic mass is 16.4. The van der Waals surface area contributed by atoms with Crippen molar-refractivity contribution in [1.29, 1.82) is 0 Å². The molecule has 2 N–H and O–H groups in total. The van der Waals surface area contributed by atoms with Crippen molar-refractivity contribution in [3.63, 3.8) is 0 Å². The van der Waals surface area contributed by atoms with Crippen LogP contribution in [0.1, 0.15) is 0 Å². The van der Waals surface area contributed by atoms with Crippen LogP contribution in [0, 0.1) is 0 Å². The van der Waals surface area contributed by atoms with Gasteiger partial charge < -0.3 is 10.2 Å². The second-order valence-corrected chi connectivity index (χ2v) is 4.09. The fourth-order valence-electron chi connectivity index (χ4n) is 1.80. The number of imide groups is 4. The Labute approximate surface area is 115 Å². The molecular formula is C9H8N4O8. The number of nitrogens with zero attached hydrogens (tertiary/aromatic N) is 4. The zero-order valence-corrected chi connectivity index (χ0v) is 10.3. The fraction of sp³-hybridized carbons (Fsp3) is 0.333. The van der Waals surface area contributed by atoms with Crippen LogP contribution in [0.3, 0.4) is 0 Å². The lowest BCUT2D eigenvalue weighted by Gasteiger charge is -2.20. The number of hydrogen-bond acceptors (Lipinski definition) is 6. The van der Waals surface area contributed by atoms with Crippen LogP contribution < -0.4 is 0 Å². The lowest BCUT2D eigenvalue weighted by molar-refractivity contribution is -0.130. The van der Waals surface area contributed by atoms with E-state index in [9.17, 15) is 28.8 Å². The standard InChI is InChI=1S/C9H8N4O8/c14-4-1-10(8(18)19)6(16)12(4)3-13-5(15)2-11(7(13)17)9(20)21/h1-3H2,(H,18,19)(H,20,21). The maximum absolute atomic E-state index is 11.6. The minimum Gasteiger partial charge on any atom is -0.465 e. The van der Waals surface area contributed by atoms with Crippen LogP contribution in [0.15, 0.2) is 0 Å². The summed E-state index contributed by atoms with van der Waals surface area (Å²) in [6.45, 7) is -2.29. The Kier molecular flexibility index (Phi) is 3.21. The molecule has 0 aromatic rings. The van der Waals surface area contributed by atoms with E-state index in [-0.39, 0.29) is 9.80 Å². The van der Waals surface area contributed by atoms with E-state index in [0.29, 0.717) is 9.80 Å². The number of urea groups is 2. The molecule has 0 aromatic heterocycles. The van der Waals surface area contributed by atoms with Crippen LogP contribution in [-0.4, -0.2) is 85.6 Å². The predicted octanol–water partition coefficient (Wildman–Crippen LogP) is -1.17. The first-order valence-electron chi connectivity index (χ1n) is 5.43. The van der Waals surface area contributed by atoms with E-state index >= 15 is 0 Å². The molecule has 2 aliphatic heterocycles. The molecule has 2 saturated heterocycles. The second-order valence-electron chi connectivity index (χ2n) is 4.09. The summed E-state index contributed by atoms with van der Waals surface area (Å²) < 4.78 is 0. The van der Waals surface area contributed by atoms with E-state index in [0.717, 1.165) is 0 Å². The summed E-state index contributed by atoms with van der Waals surface area (Å²) in [7, 11) is 0. The molecule has 0 spiro atoms. The first-order valence-corrected chi connectivity index (χ1v) is 5.43. The number of rotatable bonds is 2. The Morgan fingerprint density at radius 1 is 0.810 bits per heavy atom. The summed E-state index contributed by atoms with van der Waals surface area (Å²) in [5.41, 5.74) is 0. The molecule has 0 aliphatic carbocycles. The van der Waals surface area contributed by atoms with E-state index in [1.165, 1.54) is 0 Å². The number of hydrogen-bond donors (Lipinski definition) is 2. The van der Waals surface area contributed by atoms with Crippen molar-refractivity contribution in [3.05, 3.63) is 0 Å². The normalized spacial score (nSPS) is 19.0. The largest absolute Gasteiger partial charge is 0.465 e. The molecule has 0 atom stereocenters. The second kappa shape index (κ2) is 4.73. The lowest BCUT2D eigenvalue weighted by atomic mass is 10.5. The van der Waals surface area contributed by atoms with Crippen molar-refractivity contribution in [3.8, 4) is 0 Å². The van der Waals surface area contributed by atoms with Crippen molar-refractivity contribution >= 4 is 36.1 Å². The van der Waals surface area contributed by atoms with Crippen LogP contribution >= 0.6 is 0 Å². The molecule has 12 nitrogen and oxygen atoms in total. The smallest absolute Gasteiger partial charge is 0.416 e. The zero-order valence-electron chi connectivity index (χ0n) is 10.3. The number of carbonyl (C=O) groups is 6. The van der Waals surface area contributed by atoms with Gasteiger partial charge >= 0.3 is 24.2 Å². The third-order valence-electron chi connectivity index (χ3n) is 2.86. The Hall–Kier alpha value is -3.18. The van der Waals surface area contributed by atoms with Gasteiger partial charge in [0.2, 0.25) is 0 Å². The van der Waals surface area contributed by atoms with Gasteiger partial charge in [-0.15, -0.1) is 0 Å². The Morgan fingerprint density at radius 3 is 1.38 bits per heavy atom. The third-order valence-corrected chi connectivity index (χ3v) is 2.86. The molecule has 2 heterocycles. The highest BCUT2D eigenvalue weighted by Gasteiger charge is 2.46. The van der Waals surface area contributed by atoms with Gasteiger partial charge in [0.15, 0.2) is 0 Å². The van der Waals surface area contributed by atoms with Gasteiger partial charge in [0.1, 0.15) is 19.8 Å². The van der Waals surface area contributed by atoms with E-state index in [4.69, 9.17) is 10.2 Å². The summed E-state index contributed by atoms with van der Waals surface area (Å²) in [4.78, 5) is 69.0. The molecular weight excluding hydrogens is 292 g/mol. The van der Waals surface area contributed by atoms with Crippen LogP contribution in [-0.2, 0) is 9.59 Å². The Morgan fingerprint density at radius 2 is 1.14 bits per heavy atom. The zero-order chi connectivity index (χ0) is 15.9. The summed E-state index contributed by atoms with van der Waals surface area (Å²) in [6, 6.07) is -2.41. The molecule has 0 radical (unpaired) electrons. The molecule has 112 valence electrons. The average molecular weight is 300 g/mol. The van der Waals surface area contributed by atoms with Gasteiger partial charge in [-0.1, -0.05) is 0 Å². The van der Waals surface area contributed by atoms with Crippen molar-refractivity contribution in [2.75, 3.05) is 19.8 Å². The van der Waals surface area contributed by atoms with Gasteiger partial charge in [-0.2, -0.15) is 0 Å². The van der Waals surface area contributed by atoms with Gasteiger partial charge in [0.05, 0.1) is 0 Å².